The lowest BCUT2D eigenvalue weighted by molar-refractivity contribution is -0.136. The van der Waals surface area contributed by atoms with Crippen LogP contribution in [-0.4, -0.2) is 59.7 Å². The van der Waals surface area contributed by atoms with E-state index < -0.39 is 6.04 Å². The number of hydrogen-bond acceptors (Lipinski definition) is 3. The number of nitrogens with zero attached hydrogens (tertiary/aromatic N) is 2. The number of hydrogen-bond donors (Lipinski definition) is 1. The van der Waals surface area contributed by atoms with Crippen molar-refractivity contribution in [1.82, 2.24) is 15.1 Å². The van der Waals surface area contributed by atoms with Gasteiger partial charge in [-0.3, -0.25) is 14.4 Å². The average molecular weight is 434 g/mol. The molecule has 32 heavy (non-hydrogen) atoms. The summed E-state index contributed by atoms with van der Waals surface area (Å²) in [5, 5.41) is 2.78. The standard InChI is InChI=1S/C26H31N3O3/c1-2-14-28-15-16-29(26(32)23-12-13-24(30)27-23)18-22(25(28)31)17-19-8-10-21(11-9-19)20-6-4-3-5-7-20/h3-11,22-23H,2,12-18H2,1H3,(H,27,30)/t22-,23+/m1/s1. The van der Waals surface area contributed by atoms with Crippen LogP contribution in [-0.2, 0) is 20.8 Å². The highest BCUT2D eigenvalue weighted by atomic mass is 16.2. The van der Waals surface area contributed by atoms with Gasteiger partial charge in [0.05, 0.1) is 5.92 Å². The van der Waals surface area contributed by atoms with Crippen LogP contribution >= 0.6 is 0 Å². The molecule has 4 rings (SSSR count). The van der Waals surface area contributed by atoms with Crippen LogP contribution in [0, 0.1) is 5.92 Å². The Morgan fingerprint density at radius 3 is 2.38 bits per heavy atom. The Balaban J connectivity index is 1.50. The van der Waals surface area contributed by atoms with Gasteiger partial charge < -0.3 is 15.1 Å². The fourth-order valence-corrected chi connectivity index (χ4v) is 4.66. The molecule has 168 valence electrons. The molecule has 0 spiro atoms. The van der Waals surface area contributed by atoms with Crippen LogP contribution in [0.2, 0.25) is 0 Å². The predicted octanol–water partition coefficient (Wildman–Crippen LogP) is 2.87. The summed E-state index contributed by atoms with van der Waals surface area (Å²) in [4.78, 5) is 41.6. The molecule has 2 heterocycles. The second-order valence-corrected chi connectivity index (χ2v) is 8.73. The summed E-state index contributed by atoms with van der Waals surface area (Å²) in [6, 6.07) is 18.1. The molecular formula is C26H31N3O3. The minimum atomic E-state index is -0.457. The van der Waals surface area contributed by atoms with Gasteiger partial charge in [0.1, 0.15) is 6.04 Å². The van der Waals surface area contributed by atoms with Gasteiger partial charge in [-0.1, -0.05) is 61.5 Å². The molecule has 3 amide bonds. The van der Waals surface area contributed by atoms with Gasteiger partial charge >= 0.3 is 0 Å². The molecule has 2 saturated heterocycles. The third kappa shape index (κ3) is 5.01. The third-order valence-electron chi connectivity index (χ3n) is 6.38. The van der Waals surface area contributed by atoms with Crippen LogP contribution in [0.15, 0.2) is 54.6 Å². The first-order valence-electron chi connectivity index (χ1n) is 11.6. The van der Waals surface area contributed by atoms with Crippen molar-refractivity contribution in [2.75, 3.05) is 26.2 Å². The molecule has 6 nitrogen and oxygen atoms in total. The molecule has 0 radical (unpaired) electrons. The summed E-state index contributed by atoms with van der Waals surface area (Å²) in [5.74, 6) is -0.305. The lowest BCUT2D eigenvalue weighted by Crippen LogP contribution is -2.46. The Hall–Kier alpha value is -3.15. The first-order valence-corrected chi connectivity index (χ1v) is 11.6. The van der Waals surface area contributed by atoms with Crippen LogP contribution in [0.25, 0.3) is 11.1 Å². The van der Waals surface area contributed by atoms with E-state index in [2.05, 4.69) is 48.6 Å². The van der Waals surface area contributed by atoms with Crippen molar-refractivity contribution in [2.45, 2.75) is 38.6 Å². The number of carbonyl (C=O) groups is 3. The molecule has 2 aromatic carbocycles. The maximum atomic E-state index is 13.3. The first-order chi connectivity index (χ1) is 15.5. The molecule has 0 aromatic heterocycles. The maximum Gasteiger partial charge on any atom is 0.245 e. The summed E-state index contributed by atoms with van der Waals surface area (Å²) in [7, 11) is 0. The molecule has 0 bridgehead atoms. The Bertz CT molecular complexity index is 958. The topological polar surface area (TPSA) is 69.7 Å². The molecule has 2 aliphatic heterocycles. The van der Waals surface area contributed by atoms with Gasteiger partial charge in [-0.25, -0.2) is 0 Å². The van der Waals surface area contributed by atoms with Gasteiger partial charge in [0.2, 0.25) is 17.7 Å². The maximum absolute atomic E-state index is 13.3. The van der Waals surface area contributed by atoms with Crippen molar-refractivity contribution >= 4 is 17.7 Å². The van der Waals surface area contributed by atoms with E-state index in [0.717, 1.165) is 23.1 Å². The van der Waals surface area contributed by atoms with E-state index in [0.29, 0.717) is 45.4 Å². The normalized spacial score (nSPS) is 21.4. The fourth-order valence-electron chi connectivity index (χ4n) is 4.66. The number of rotatable bonds is 6. The van der Waals surface area contributed by atoms with Crippen molar-refractivity contribution in [2.24, 2.45) is 5.92 Å². The quantitative estimate of drug-likeness (QED) is 0.762. The largest absolute Gasteiger partial charge is 0.344 e. The van der Waals surface area contributed by atoms with E-state index >= 15 is 0 Å². The monoisotopic (exact) mass is 433 g/mol. The Labute approximate surface area is 189 Å². The minimum absolute atomic E-state index is 0.0635. The predicted molar refractivity (Wildman–Crippen MR) is 124 cm³/mol. The zero-order valence-electron chi connectivity index (χ0n) is 18.6. The van der Waals surface area contributed by atoms with Crippen molar-refractivity contribution in [3.8, 4) is 11.1 Å². The zero-order valence-corrected chi connectivity index (χ0v) is 18.6. The molecule has 2 atom stereocenters. The van der Waals surface area contributed by atoms with E-state index in [1.807, 2.05) is 23.1 Å². The first kappa shape index (κ1) is 22.1. The summed E-state index contributed by atoms with van der Waals surface area (Å²) >= 11 is 0. The molecule has 1 N–H and O–H groups in total. The summed E-state index contributed by atoms with van der Waals surface area (Å²) < 4.78 is 0. The summed E-state index contributed by atoms with van der Waals surface area (Å²) in [5.41, 5.74) is 3.39. The lowest BCUT2D eigenvalue weighted by atomic mass is 9.95. The third-order valence-corrected chi connectivity index (χ3v) is 6.38. The van der Waals surface area contributed by atoms with Gasteiger partial charge in [-0.2, -0.15) is 0 Å². The fraction of sp³-hybridized carbons (Fsp3) is 0.423. The Morgan fingerprint density at radius 2 is 1.72 bits per heavy atom. The smallest absolute Gasteiger partial charge is 0.245 e. The molecule has 6 heteroatoms. The highest BCUT2D eigenvalue weighted by Gasteiger charge is 2.36. The average Bonchev–Trinajstić information content (AvgIpc) is 3.20. The summed E-state index contributed by atoms with van der Waals surface area (Å²) in [6.45, 7) is 4.21. The molecule has 2 fully saturated rings. The van der Waals surface area contributed by atoms with Gasteiger partial charge in [0.15, 0.2) is 0 Å². The van der Waals surface area contributed by atoms with E-state index in [9.17, 15) is 14.4 Å². The molecule has 2 aromatic rings. The van der Waals surface area contributed by atoms with Crippen molar-refractivity contribution in [3.05, 3.63) is 60.2 Å². The van der Waals surface area contributed by atoms with E-state index in [-0.39, 0.29) is 23.6 Å². The number of benzene rings is 2. The van der Waals surface area contributed by atoms with Crippen LogP contribution in [0.5, 0.6) is 0 Å². The number of amides is 3. The van der Waals surface area contributed by atoms with Gasteiger partial charge in [-0.15, -0.1) is 0 Å². The molecular weight excluding hydrogens is 402 g/mol. The molecule has 0 unspecified atom stereocenters. The Kier molecular flexibility index (Phi) is 6.88. The van der Waals surface area contributed by atoms with Crippen LogP contribution in [0.1, 0.15) is 31.7 Å². The van der Waals surface area contributed by atoms with Crippen LogP contribution in [0.3, 0.4) is 0 Å². The second-order valence-electron chi connectivity index (χ2n) is 8.73. The zero-order chi connectivity index (χ0) is 22.5. The summed E-state index contributed by atoms with van der Waals surface area (Å²) in [6.07, 6.45) is 2.40. The highest BCUT2D eigenvalue weighted by Crippen LogP contribution is 2.23. The molecule has 0 saturated carbocycles. The van der Waals surface area contributed by atoms with E-state index in [1.165, 1.54) is 0 Å². The molecule has 0 aliphatic carbocycles. The van der Waals surface area contributed by atoms with E-state index in [4.69, 9.17) is 0 Å². The minimum Gasteiger partial charge on any atom is -0.344 e. The van der Waals surface area contributed by atoms with E-state index in [1.54, 1.807) is 4.90 Å². The van der Waals surface area contributed by atoms with Crippen LogP contribution < -0.4 is 5.32 Å². The number of nitrogens with one attached hydrogen (secondary N) is 1. The highest BCUT2D eigenvalue weighted by molar-refractivity contribution is 5.91. The Morgan fingerprint density at radius 1 is 1.00 bits per heavy atom. The lowest BCUT2D eigenvalue weighted by Gasteiger charge is -2.26. The number of carbonyl (C=O) groups excluding carboxylic acids is 3. The van der Waals surface area contributed by atoms with Gasteiger partial charge in [0, 0.05) is 32.6 Å². The van der Waals surface area contributed by atoms with Crippen molar-refractivity contribution in [3.63, 3.8) is 0 Å². The van der Waals surface area contributed by atoms with Gasteiger partial charge in [-0.05, 0) is 36.0 Å². The second kappa shape index (κ2) is 9.98. The van der Waals surface area contributed by atoms with Crippen molar-refractivity contribution in [1.29, 1.82) is 0 Å². The SMILES string of the molecule is CCCN1CCN(C(=O)[C@@H]2CCC(=O)N2)C[C@@H](Cc2ccc(-c3ccccc3)cc2)C1=O. The van der Waals surface area contributed by atoms with Gasteiger partial charge in [0.25, 0.3) is 0 Å². The molecule has 2 aliphatic rings. The van der Waals surface area contributed by atoms with Crippen LogP contribution in [0.4, 0.5) is 0 Å². The van der Waals surface area contributed by atoms with Crippen molar-refractivity contribution < 1.29 is 14.4 Å².